The first-order valence-corrected chi connectivity index (χ1v) is 3.28. The number of hydrogen-bond acceptors (Lipinski definition) is 3. The fraction of sp³-hybridized carbons (Fsp3) is 0. The number of carbonyl (C=O) groups is 1. The standard InChI is InChI=1S/C7H8N4O/c8-11-7(12)10-5-6-3-1-2-4-9-6/h1-5H,8H2,(H,11,12)/b10-5+. The van der Waals surface area contributed by atoms with Crippen LogP contribution < -0.4 is 11.3 Å². The number of rotatable bonds is 1. The van der Waals surface area contributed by atoms with Crippen LogP contribution in [0.3, 0.4) is 0 Å². The van der Waals surface area contributed by atoms with Crippen LogP contribution in [0.25, 0.3) is 0 Å². The maximum atomic E-state index is 10.5. The van der Waals surface area contributed by atoms with Gasteiger partial charge in [-0.05, 0) is 12.1 Å². The number of amides is 2. The van der Waals surface area contributed by atoms with Crippen LogP contribution in [0.2, 0.25) is 0 Å². The first kappa shape index (κ1) is 8.35. The van der Waals surface area contributed by atoms with Crippen molar-refractivity contribution in [3.63, 3.8) is 0 Å². The largest absolute Gasteiger partial charge is 0.355 e. The summed E-state index contributed by atoms with van der Waals surface area (Å²) >= 11 is 0. The molecule has 0 fully saturated rings. The highest BCUT2D eigenvalue weighted by Gasteiger charge is 1.90. The van der Waals surface area contributed by atoms with Gasteiger partial charge in [0.05, 0.1) is 11.9 Å². The molecule has 0 aliphatic carbocycles. The Kier molecular flexibility index (Phi) is 2.92. The predicted molar refractivity (Wildman–Crippen MR) is 44.6 cm³/mol. The van der Waals surface area contributed by atoms with Crippen LogP contribution in [-0.2, 0) is 0 Å². The number of aliphatic imine (C=N–C) groups is 1. The smallest absolute Gasteiger partial charge is 0.274 e. The molecule has 62 valence electrons. The summed E-state index contributed by atoms with van der Waals surface area (Å²) in [5.74, 6) is 4.80. The molecule has 1 aromatic rings. The number of pyridine rings is 1. The van der Waals surface area contributed by atoms with E-state index in [9.17, 15) is 4.79 Å². The summed E-state index contributed by atoms with van der Waals surface area (Å²) in [5.41, 5.74) is 2.48. The molecule has 5 nitrogen and oxygen atoms in total. The molecule has 5 heteroatoms. The van der Waals surface area contributed by atoms with Gasteiger partial charge in [0.1, 0.15) is 0 Å². The molecule has 12 heavy (non-hydrogen) atoms. The molecular formula is C7H8N4O. The van der Waals surface area contributed by atoms with Crippen molar-refractivity contribution in [2.45, 2.75) is 0 Å². The molecule has 0 aliphatic rings. The molecule has 0 unspecified atom stereocenters. The summed E-state index contributed by atoms with van der Waals surface area (Å²) in [7, 11) is 0. The van der Waals surface area contributed by atoms with Crippen molar-refractivity contribution >= 4 is 12.2 Å². The first-order chi connectivity index (χ1) is 5.83. The van der Waals surface area contributed by atoms with Gasteiger partial charge in [0.25, 0.3) is 0 Å². The van der Waals surface area contributed by atoms with Gasteiger partial charge in [0, 0.05) is 6.20 Å². The minimum atomic E-state index is -0.597. The summed E-state index contributed by atoms with van der Waals surface area (Å²) in [6.07, 6.45) is 2.95. The third-order valence-corrected chi connectivity index (χ3v) is 1.13. The molecule has 2 amide bonds. The van der Waals surface area contributed by atoms with Crippen LogP contribution >= 0.6 is 0 Å². The lowest BCUT2D eigenvalue weighted by atomic mass is 10.4. The van der Waals surface area contributed by atoms with Gasteiger partial charge in [-0.3, -0.25) is 10.4 Å². The number of urea groups is 1. The Morgan fingerprint density at radius 1 is 1.67 bits per heavy atom. The summed E-state index contributed by atoms with van der Waals surface area (Å²) in [6, 6.07) is 4.71. The Bertz CT molecular complexity index is 283. The summed E-state index contributed by atoms with van der Waals surface area (Å²) in [6.45, 7) is 0. The van der Waals surface area contributed by atoms with E-state index in [1.807, 2.05) is 5.43 Å². The molecule has 0 aromatic carbocycles. The zero-order valence-corrected chi connectivity index (χ0v) is 6.27. The van der Waals surface area contributed by atoms with Crippen LogP contribution in [0.1, 0.15) is 5.69 Å². The van der Waals surface area contributed by atoms with Crippen LogP contribution in [-0.4, -0.2) is 17.2 Å². The molecule has 1 aromatic heterocycles. The Hall–Kier alpha value is -1.75. The van der Waals surface area contributed by atoms with Crippen LogP contribution in [0, 0.1) is 0 Å². The normalized spacial score (nSPS) is 10.1. The molecular weight excluding hydrogens is 156 g/mol. The minimum absolute atomic E-state index is 0.597. The average molecular weight is 164 g/mol. The van der Waals surface area contributed by atoms with E-state index in [2.05, 4.69) is 9.98 Å². The van der Waals surface area contributed by atoms with Gasteiger partial charge in [0.15, 0.2) is 0 Å². The summed E-state index contributed by atoms with van der Waals surface area (Å²) in [5, 5.41) is 0. The second-order valence-electron chi connectivity index (χ2n) is 1.96. The molecule has 3 N–H and O–H groups in total. The van der Waals surface area contributed by atoms with Gasteiger partial charge in [-0.1, -0.05) is 6.07 Å². The predicted octanol–water partition coefficient (Wildman–Crippen LogP) is 0.0838. The second kappa shape index (κ2) is 4.20. The Morgan fingerprint density at radius 3 is 3.08 bits per heavy atom. The number of aromatic nitrogens is 1. The van der Waals surface area contributed by atoms with Gasteiger partial charge in [-0.2, -0.15) is 4.99 Å². The van der Waals surface area contributed by atoms with E-state index in [-0.39, 0.29) is 0 Å². The number of hydrazine groups is 1. The lowest BCUT2D eigenvalue weighted by Crippen LogP contribution is -2.26. The summed E-state index contributed by atoms with van der Waals surface area (Å²) in [4.78, 5) is 17.9. The minimum Gasteiger partial charge on any atom is -0.274 e. The van der Waals surface area contributed by atoms with Crippen LogP contribution in [0.5, 0.6) is 0 Å². The maximum Gasteiger partial charge on any atom is 0.355 e. The molecule has 0 saturated carbocycles. The van der Waals surface area contributed by atoms with E-state index in [1.54, 1.807) is 24.4 Å². The molecule has 0 aliphatic heterocycles. The van der Waals surface area contributed by atoms with Crippen LogP contribution in [0.4, 0.5) is 4.79 Å². The summed E-state index contributed by atoms with van der Waals surface area (Å²) < 4.78 is 0. The Morgan fingerprint density at radius 2 is 2.50 bits per heavy atom. The molecule has 0 bridgehead atoms. The van der Waals surface area contributed by atoms with Crippen molar-refractivity contribution < 1.29 is 4.79 Å². The topological polar surface area (TPSA) is 80.4 Å². The highest BCUT2D eigenvalue weighted by molar-refractivity contribution is 5.89. The fourth-order valence-corrected chi connectivity index (χ4v) is 0.614. The van der Waals surface area contributed by atoms with E-state index in [0.29, 0.717) is 5.69 Å². The molecule has 0 atom stereocenters. The maximum absolute atomic E-state index is 10.5. The van der Waals surface area contributed by atoms with Crippen molar-refractivity contribution in [3.05, 3.63) is 30.1 Å². The van der Waals surface area contributed by atoms with Gasteiger partial charge in [0.2, 0.25) is 0 Å². The van der Waals surface area contributed by atoms with Crippen molar-refractivity contribution in [2.75, 3.05) is 0 Å². The van der Waals surface area contributed by atoms with E-state index in [1.165, 1.54) is 6.21 Å². The number of nitrogens with two attached hydrogens (primary N) is 1. The Labute approximate surface area is 69.3 Å². The van der Waals surface area contributed by atoms with E-state index >= 15 is 0 Å². The van der Waals surface area contributed by atoms with Crippen molar-refractivity contribution in [3.8, 4) is 0 Å². The van der Waals surface area contributed by atoms with Crippen molar-refractivity contribution in [1.82, 2.24) is 10.4 Å². The van der Waals surface area contributed by atoms with E-state index in [0.717, 1.165) is 0 Å². The van der Waals surface area contributed by atoms with Gasteiger partial charge in [-0.25, -0.2) is 10.6 Å². The molecule has 0 spiro atoms. The van der Waals surface area contributed by atoms with Crippen molar-refractivity contribution in [1.29, 1.82) is 0 Å². The van der Waals surface area contributed by atoms with Gasteiger partial charge >= 0.3 is 6.03 Å². The monoisotopic (exact) mass is 164 g/mol. The number of carbonyl (C=O) groups excluding carboxylic acids is 1. The van der Waals surface area contributed by atoms with E-state index < -0.39 is 6.03 Å². The third-order valence-electron chi connectivity index (χ3n) is 1.13. The highest BCUT2D eigenvalue weighted by atomic mass is 16.2. The average Bonchev–Trinajstić information content (AvgIpc) is 2.16. The zero-order chi connectivity index (χ0) is 8.81. The fourth-order valence-electron chi connectivity index (χ4n) is 0.614. The number of hydrogen-bond donors (Lipinski definition) is 2. The highest BCUT2D eigenvalue weighted by Crippen LogP contribution is 1.87. The lowest BCUT2D eigenvalue weighted by molar-refractivity contribution is 0.249. The quantitative estimate of drug-likeness (QED) is 0.267. The molecule has 1 rings (SSSR count). The second-order valence-corrected chi connectivity index (χ2v) is 1.96. The van der Waals surface area contributed by atoms with E-state index in [4.69, 9.17) is 5.84 Å². The van der Waals surface area contributed by atoms with Gasteiger partial charge < -0.3 is 0 Å². The molecule has 1 heterocycles. The zero-order valence-electron chi connectivity index (χ0n) is 6.27. The SMILES string of the molecule is NNC(=O)/N=C/c1ccccn1. The molecule has 0 radical (unpaired) electrons. The third kappa shape index (κ3) is 2.47. The Balaban J connectivity index is 2.64. The number of nitrogens with zero attached hydrogens (tertiary/aromatic N) is 2. The van der Waals surface area contributed by atoms with Gasteiger partial charge in [-0.15, -0.1) is 0 Å². The lowest BCUT2D eigenvalue weighted by Gasteiger charge is -1.89. The first-order valence-electron chi connectivity index (χ1n) is 3.28. The van der Waals surface area contributed by atoms with Crippen molar-refractivity contribution in [2.24, 2.45) is 10.8 Å². The molecule has 0 saturated heterocycles. The number of nitrogens with one attached hydrogen (secondary N) is 1. The van der Waals surface area contributed by atoms with Crippen LogP contribution in [0.15, 0.2) is 29.4 Å².